The highest BCUT2D eigenvalue weighted by Crippen LogP contribution is 2.27. The van der Waals surface area contributed by atoms with Crippen LogP contribution in [0.25, 0.3) is 0 Å². The van der Waals surface area contributed by atoms with Crippen molar-refractivity contribution in [2.24, 2.45) is 11.0 Å². The van der Waals surface area contributed by atoms with E-state index in [-0.39, 0.29) is 12.5 Å². The predicted octanol–water partition coefficient (Wildman–Crippen LogP) is 3.48. The van der Waals surface area contributed by atoms with Crippen molar-refractivity contribution in [3.8, 4) is 11.5 Å². The molecule has 0 saturated carbocycles. The maximum Gasteiger partial charge on any atom is 0.277 e. The van der Waals surface area contributed by atoms with Gasteiger partial charge in [-0.3, -0.25) is 4.79 Å². The Labute approximate surface area is 143 Å². The molecule has 2 rings (SSSR count). The third-order valence-corrected chi connectivity index (χ3v) is 4.04. The molecule has 128 valence electrons. The zero-order valence-corrected chi connectivity index (χ0v) is 14.5. The minimum atomic E-state index is -0.307. The Morgan fingerprint density at radius 3 is 2.75 bits per heavy atom. The summed E-state index contributed by atoms with van der Waals surface area (Å²) in [6.07, 6.45) is 3.91. The number of methoxy groups -OCH3 is 1. The normalized spacial score (nSPS) is 18.7. The smallest absolute Gasteiger partial charge is 0.277 e. The van der Waals surface area contributed by atoms with E-state index in [1.807, 2.05) is 26.0 Å². The van der Waals surface area contributed by atoms with E-state index in [1.165, 1.54) is 0 Å². The lowest BCUT2D eigenvalue weighted by Gasteiger charge is -2.22. The van der Waals surface area contributed by atoms with Crippen molar-refractivity contribution in [3.05, 3.63) is 48.1 Å². The summed E-state index contributed by atoms with van der Waals surface area (Å²) in [6, 6.07) is 7.20. The van der Waals surface area contributed by atoms with E-state index in [0.29, 0.717) is 17.4 Å². The van der Waals surface area contributed by atoms with Gasteiger partial charge < -0.3 is 9.47 Å². The minimum absolute atomic E-state index is 0.121. The minimum Gasteiger partial charge on any atom is -0.493 e. The highest BCUT2D eigenvalue weighted by atomic mass is 16.5. The van der Waals surface area contributed by atoms with Crippen LogP contribution in [0.5, 0.6) is 11.5 Å². The largest absolute Gasteiger partial charge is 0.493 e. The molecule has 5 heteroatoms. The first-order chi connectivity index (χ1) is 11.5. The van der Waals surface area contributed by atoms with Gasteiger partial charge in [0.1, 0.15) is 0 Å². The van der Waals surface area contributed by atoms with Crippen molar-refractivity contribution in [1.29, 1.82) is 0 Å². The molecule has 1 aromatic rings. The van der Waals surface area contributed by atoms with Crippen molar-refractivity contribution < 1.29 is 14.3 Å². The van der Waals surface area contributed by atoms with Crippen LogP contribution in [-0.4, -0.2) is 25.3 Å². The van der Waals surface area contributed by atoms with Crippen LogP contribution in [0.1, 0.15) is 26.7 Å². The molecule has 1 aromatic carbocycles. The van der Waals surface area contributed by atoms with Crippen LogP contribution in [0.4, 0.5) is 0 Å². The second kappa shape index (κ2) is 8.34. The quantitative estimate of drug-likeness (QED) is 0.642. The maximum absolute atomic E-state index is 12.0. The Morgan fingerprint density at radius 2 is 2.08 bits per heavy atom. The number of ether oxygens (including phenoxy) is 2. The summed E-state index contributed by atoms with van der Waals surface area (Å²) in [7, 11) is 1.56. The number of benzene rings is 1. The molecule has 0 spiro atoms. The third kappa shape index (κ3) is 4.72. The number of hydrogen-bond donors (Lipinski definition) is 1. The van der Waals surface area contributed by atoms with Crippen LogP contribution in [0, 0.1) is 5.92 Å². The number of nitrogens with one attached hydrogen (secondary N) is 1. The fraction of sp³-hybridized carbons (Fsp3) is 0.368. The Hall–Kier alpha value is -2.56. The van der Waals surface area contributed by atoms with Gasteiger partial charge in [0.2, 0.25) is 0 Å². The monoisotopic (exact) mass is 328 g/mol. The highest BCUT2D eigenvalue weighted by Gasteiger charge is 2.18. The van der Waals surface area contributed by atoms with E-state index in [9.17, 15) is 4.79 Å². The van der Waals surface area contributed by atoms with Crippen molar-refractivity contribution in [2.75, 3.05) is 13.7 Å². The number of carbonyl (C=O) groups is 1. The summed E-state index contributed by atoms with van der Waals surface area (Å²) in [5.74, 6) is 1.19. The Balaban J connectivity index is 1.91. The molecule has 1 atom stereocenters. The summed E-state index contributed by atoms with van der Waals surface area (Å²) in [6.45, 7) is 7.92. The molecule has 0 fully saturated rings. The lowest BCUT2D eigenvalue weighted by atomic mass is 9.85. The number of amides is 1. The lowest BCUT2D eigenvalue weighted by molar-refractivity contribution is -0.123. The van der Waals surface area contributed by atoms with Crippen LogP contribution in [0.2, 0.25) is 0 Å². The number of nitrogens with zero attached hydrogens (tertiary/aromatic N) is 1. The number of hydrazone groups is 1. The first kappa shape index (κ1) is 17.8. The zero-order valence-electron chi connectivity index (χ0n) is 14.5. The van der Waals surface area contributed by atoms with Gasteiger partial charge in [-0.2, -0.15) is 5.10 Å². The molecule has 1 aliphatic rings. The van der Waals surface area contributed by atoms with Crippen LogP contribution in [0.3, 0.4) is 0 Å². The van der Waals surface area contributed by atoms with Gasteiger partial charge in [0.15, 0.2) is 18.1 Å². The van der Waals surface area contributed by atoms with E-state index < -0.39 is 0 Å². The number of hydrogen-bond acceptors (Lipinski definition) is 4. The van der Waals surface area contributed by atoms with Gasteiger partial charge in [-0.25, -0.2) is 5.43 Å². The van der Waals surface area contributed by atoms with E-state index in [1.54, 1.807) is 19.2 Å². The molecule has 1 N–H and O–H groups in total. The average Bonchev–Trinajstić information content (AvgIpc) is 2.59. The van der Waals surface area contributed by atoms with Crippen LogP contribution in [0.15, 0.2) is 53.2 Å². The number of carbonyl (C=O) groups excluding carboxylic acids is 1. The second-order valence-electron chi connectivity index (χ2n) is 5.90. The van der Waals surface area contributed by atoms with Crippen LogP contribution < -0.4 is 14.9 Å². The van der Waals surface area contributed by atoms with Gasteiger partial charge >= 0.3 is 0 Å². The second-order valence-corrected chi connectivity index (χ2v) is 5.90. The van der Waals surface area contributed by atoms with Crippen molar-refractivity contribution in [3.63, 3.8) is 0 Å². The van der Waals surface area contributed by atoms with E-state index >= 15 is 0 Å². The Bertz CT molecular complexity index is 677. The van der Waals surface area contributed by atoms with E-state index in [2.05, 4.69) is 23.2 Å². The zero-order chi connectivity index (χ0) is 17.5. The van der Waals surface area contributed by atoms with Gasteiger partial charge in [-0.1, -0.05) is 30.4 Å². The summed E-state index contributed by atoms with van der Waals surface area (Å²) >= 11 is 0. The standard InChI is InChI=1S/C19H24N2O3/c1-13(2)15-10-9-14(3)16(11-15)20-21-19(22)12-24-18-8-6-5-7-17(18)23-4/h5-9,15H,1,10-12H2,2-4H3,(H,21,22)/b20-16-. The topological polar surface area (TPSA) is 59.9 Å². The summed E-state index contributed by atoms with van der Waals surface area (Å²) in [5, 5.41) is 4.25. The SMILES string of the molecule is C=C(C)C1CC=C(C)/C(=N\NC(=O)COc2ccccc2OC)C1. The van der Waals surface area contributed by atoms with Crippen molar-refractivity contribution in [1.82, 2.24) is 5.43 Å². The fourth-order valence-corrected chi connectivity index (χ4v) is 2.47. The molecular weight excluding hydrogens is 304 g/mol. The number of para-hydroxylation sites is 2. The molecular formula is C19H24N2O3. The molecule has 0 aromatic heterocycles. The Kier molecular flexibility index (Phi) is 6.18. The van der Waals surface area contributed by atoms with E-state index in [0.717, 1.165) is 29.7 Å². The van der Waals surface area contributed by atoms with E-state index in [4.69, 9.17) is 9.47 Å². The number of allylic oxidation sites excluding steroid dienone is 3. The molecule has 0 radical (unpaired) electrons. The van der Waals surface area contributed by atoms with Gasteiger partial charge in [0.25, 0.3) is 5.91 Å². The maximum atomic E-state index is 12.0. The van der Waals surface area contributed by atoms with Gasteiger partial charge in [0, 0.05) is 0 Å². The van der Waals surface area contributed by atoms with Crippen molar-refractivity contribution in [2.45, 2.75) is 26.7 Å². The van der Waals surface area contributed by atoms with Gasteiger partial charge in [-0.15, -0.1) is 0 Å². The summed E-state index contributed by atoms with van der Waals surface area (Å²) in [4.78, 5) is 12.0. The molecule has 0 saturated heterocycles. The molecule has 1 aliphatic carbocycles. The van der Waals surface area contributed by atoms with Crippen LogP contribution >= 0.6 is 0 Å². The summed E-state index contributed by atoms with van der Waals surface area (Å²) < 4.78 is 10.7. The fourth-order valence-electron chi connectivity index (χ4n) is 2.47. The first-order valence-electron chi connectivity index (χ1n) is 7.95. The molecule has 1 unspecified atom stereocenters. The first-order valence-corrected chi connectivity index (χ1v) is 7.95. The van der Waals surface area contributed by atoms with Crippen molar-refractivity contribution >= 4 is 11.6 Å². The molecule has 0 bridgehead atoms. The summed E-state index contributed by atoms with van der Waals surface area (Å²) in [5.41, 5.74) is 5.68. The highest BCUT2D eigenvalue weighted by molar-refractivity contribution is 6.01. The average molecular weight is 328 g/mol. The molecule has 0 aliphatic heterocycles. The number of rotatable bonds is 6. The molecule has 0 heterocycles. The van der Waals surface area contributed by atoms with Crippen LogP contribution in [-0.2, 0) is 4.79 Å². The molecule has 24 heavy (non-hydrogen) atoms. The third-order valence-electron chi connectivity index (χ3n) is 4.04. The molecule has 1 amide bonds. The Morgan fingerprint density at radius 1 is 1.38 bits per heavy atom. The lowest BCUT2D eigenvalue weighted by Crippen LogP contribution is -2.27. The molecule has 5 nitrogen and oxygen atoms in total. The predicted molar refractivity (Wildman–Crippen MR) is 95.4 cm³/mol. The van der Waals surface area contributed by atoms with Gasteiger partial charge in [-0.05, 0) is 50.3 Å². The van der Waals surface area contributed by atoms with Gasteiger partial charge in [0.05, 0.1) is 12.8 Å².